The molecule has 0 aliphatic carbocycles. The molecule has 2 aromatic rings. The maximum atomic E-state index is 10.9. The number of aryl methyl sites for hydroxylation is 2. The van der Waals surface area contributed by atoms with Gasteiger partial charge in [0.15, 0.2) is 5.65 Å². The Balaban J connectivity index is 2.78. The SMILES string of the molecule is C=CCc1c(C)nc2c(C(=O)[O-])cnn2c1C. The van der Waals surface area contributed by atoms with Gasteiger partial charge < -0.3 is 9.90 Å². The molecule has 5 nitrogen and oxygen atoms in total. The molecule has 2 heterocycles. The molecule has 2 rings (SSSR count). The predicted octanol–water partition coefficient (Wildman–Crippen LogP) is 0.438. The van der Waals surface area contributed by atoms with E-state index in [1.54, 1.807) is 6.08 Å². The molecule has 88 valence electrons. The quantitative estimate of drug-likeness (QED) is 0.717. The molecule has 17 heavy (non-hydrogen) atoms. The zero-order valence-corrected chi connectivity index (χ0v) is 9.73. The number of rotatable bonds is 3. The Hall–Kier alpha value is -2.17. The van der Waals surface area contributed by atoms with Gasteiger partial charge in [0, 0.05) is 11.4 Å². The minimum Gasteiger partial charge on any atom is -0.545 e. The monoisotopic (exact) mass is 230 g/mol. The maximum absolute atomic E-state index is 10.9. The molecule has 0 unspecified atom stereocenters. The van der Waals surface area contributed by atoms with Gasteiger partial charge in [-0.25, -0.2) is 9.50 Å². The molecule has 5 heteroatoms. The smallest absolute Gasteiger partial charge is 0.164 e. The lowest BCUT2D eigenvalue weighted by molar-refractivity contribution is -0.254. The summed E-state index contributed by atoms with van der Waals surface area (Å²) in [6, 6.07) is 0. The van der Waals surface area contributed by atoms with Crippen LogP contribution < -0.4 is 5.11 Å². The molecular formula is C12H12N3O2-. The molecule has 0 amide bonds. The number of aromatic carboxylic acids is 1. The van der Waals surface area contributed by atoms with Gasteiger partial charge in [0.25, 0.3) is 0 Å². The van der Waals surface area contributed by atoms with Gasteiger partial charge in [0.2, 0.25) is 0 Å². The van der Waals surface area contributed by atoms with E-state index in [9.17, 15) is 9.90 Å². The second-order valence-corrected chi connectivity index (χ2v) is 3.84. The summed E-state index contributed by atoms with van der Waals surface area (Å²) < 4.78 is 1.52. The lowest BCUT2D eigenvalue weighted by Crippen LogP contribution is -2.22. The summed E-state index contributed by atoms with van der Waals surface area (Å²) in [6.45, 7) is 7.42. The van der Waals surface area contributed by atoms with Crippen LogP contribution in [0.15, 0.2) is 18.9 Å². The number of aromatic nitrogens is 3. The number of carboxylic acids is 1. The standard InChI is InChI=1S/C12H13N3O2/c1-4-5-9-7(2)14-11-10(12(16)17)6-13-15(11)8(9)3/h4,6H,1,5H2,2-3H3,(H,16,17)/p-1. The highest BCUT2D eigenvalue weighted by Crippen LogP contribution is 2.17. The van der Waals surface area contributed by atoms with E-state index in [1.807, 2.05) is 13.8 Å². The number of hydrogen-bond donors (Lipinski definition) is 0. The van der Waals surface area contributed by atoms with Gasteiger partial charge in [-0.15, -0.1) is 6.58 Å². The summed E-state index contributed by atoms with van der Waals surface area (Å²) >= 11 is 0. The summed E-state index contributed by atoms with van der Waals surface area (Å²) in [7, 11) is 0. The molecule has 0 radical (unpaired) electrons. The molecule has 0 atom stereocenters. The van der Waals surface area contributed by atoms with Crippen LogP contribution in [0.5, 0.6) is 0 Å². The number of carbonyl (C=O) groups is 1. The minimum atomic E-state index is -1.26. The highest BCUT2D eigenvalue weighted by atomic mass is 16.4. The molecule has 0 saturated heterocycles. The van der Waals surface area contributed by atoms with Crippen molar-refractivity contribution in [3.8, 4) is 0 Å². The molecule has 0 aliphatic rings. The topological polar surface area (TPSA) is 70.3 Å². The van der Waals surface area contributed by atoms with Gasteiger partial charge in [-0.1, -0.05) is 6.08 Å². The normalized spacial score (nSPS) is 10.7. The van der Waals surface area contributed by atoms with E-state index in [2.05, 4.69) is 16.7 Å². The van der Waals surface area contributed by atoms with Crippen molar-refractivity contribution >= 4 is 11.6 Å². The zero-order valence-electron chi connectivity index (χ0n) is 9.73. The average molecular weight is 230 g/mol. The largest absolute Gasteiger partial charge is 0.545 e. The molecular weight excluding hydrogens is 218 g/mol. The van der Waals surface area contributed by atoms with E-state index in [0.717, 1.165) is 17.0 Å². The first-order valence-corrected chi connectivity index (χ1v) is 5.22. The second kappa shape index (κ2) is 4.01. The maximum Gasteiger partial charge on any atom is 0.164 e. The molecule has 0 bridgehead atoms. The Kier molecular flexibility index (Phi) is 2.67. The number of nitrogens with zero attached hydrogens (tertiary/aromatic N) is 3. The van der Waals surface area contributed by atoms with Crippen molar-refractivity contribution in [1.82, 2.24) is 14.6 Å². The Labute approximate surface area is 98.4 Å². The molecule has 0 spiro atoms. The van der Waals surface area contributed by atoms with Gasteiger partial charge in [0.05, 0.1) is 17.7 Å². The van der Waals surface area contributed by atoms with Crippen molar-refractivity contribution in [2.75, 3.05) is 0 Å². The molecule has 0 saturated carbocycles. The summed E-state index contributed by atoms with van der Waals surface area (Å²) in [4.78, 5) is 15.2. The van der Waals surface area contributed by atoms with Crippen LogP contribution in [0.4, 0.5) is 0 Å². The van der Waals surface area contributed by atoms with Crippen LogP contribution in [-0.2, 0) is 6.42 Å². The third-order valence-electron chi connectivity index (χ3n) is 2.78. The lowest BCUT2D eigenvalue weighted by Gasteiger charge is -2.09. The van der Waals surface area contributed by atoms with E-state index >= 15 is 0 Å². The van der Waals surface area contributed by atoms with Crippen LogP contribution in [0.1, 0.15) is 27.3 Å². The van der Waals surface area contributed by atoms with Crippen LogP contribution in [0.3, 0.4) is 0 Å². The molecule has 0 N–H and O–H groups in total. The van der Waals surface area contributed by atoms with Crippen molar-refractivity contribution in [1.29, 1.82) is 0 Å². The number of allylic oxidation sites excluding steroid dienone is 1. The lowest BCUT2D eigenvalue weighted by atomic mass is 10.1. The minimum absolute atomic E-state index is 0.0151. The van der Waals surface area contributed by atoms with E-state index in [0.29, 0.717) is 12.1 Å². The van der Waals surface area contributed by atoms with Crippen LogP contribution in [0.2, 0.25) is 0 Å². The van der Waals surface area contributed by atoms with E-state index in [1.165, 1.54) is 10.7 Å². The molecule has 0 aliphatic heterocycles. The first-order valence-electron chi connectivity index (χ1n) is 5.22. The van der Waals surface area contributed by atoms with Gasteiger partial charge in [0.1, 0.15) is 0 Å². The van der Waals surface area contributed by atoms with E-state index in [4.69, 9.17) is 0 Å². The summed E-state index contributed by atoms with van der Waals surface area (Å²) in [6.07, 6.45) is 3.73. The Bertz CT molecular complexity index is 614. The van der Waals surface area contributed by atoms with Gasteiger partial charge in [-0.3, -0.25) is 0 Å². The number of hydrogen-bond acceptors (Lipinski definition) is 4. The molecule has 0 aromatic carbocycles. The Morgan fingerprint density at radius 2 is 2.29 bits per heavy atom. The third-order valence-corrected chi connectivity index (χ3v) is 2.78. The van der Waals surface area contributed by atoms with E-state index < -0.39 is 5.97 Å². The van der Waals surface area contributed by atoms with Crippen LogP contribution in [-0.4, -0.2) is 20.6 Å². The Morgan fingerprint density at radius 3 is 2.88 bits per heavy atom. The van der Waals surface area contributed by atoms with Gasteiger partial charge >= 0.3 is 0 Å². The van der Waals surface area contributed by atoms with Crippen molar-refractivity contribution in [2.24, 2.45) is 0 Å². The number of carbonyl (C=O) groups excluding carboxylic acids is 1. The zero-order chi connectivity index (χ0) is 12.6. The summed E-state index contributed by atoms with van der Waals surface area (Å²) in [5.74, 6) is -1.26. The number of carboxylic acid groups (broad SMARTS) is 1. The summed E-state index contributed by atoms with van der Waals surface area (Å²) in [5.41, 5.74) is 3.02. The van der Waals surface area contributed by atoms with E-state index in [-0.39, 0.29) is 5.56 Å². The van der Waals surface area contributed by atoms with Crippen molar-refractivity contribution < 1.29 is 9.90 Å². The van der Waals surface area contributed by atoms with Gasteiger partial charge in [-0.05, 0) is 25.8 Å². The second-order valence-electron chi connectivity index (χ2n) is 3.84. The Morgan fingerprint density at radius 1 is 1.59 bits per heavy atom. The molecule has 0 fully saturated rings. The van der Waals surface area contributed by atoms with Crippen LogP contribution in [0, 0.1) is 13.8 Å². The summed E-state index contributed by atoms with van der Waals surface area (Å²) in [5, 5.41) is 14.9. The third kappa shape index (κ3) is 1.69. The van der Waals surface area contributed by atoms with Crippen LogP contribution in [0.25, 0.3) is 5.65 Å². The first kappa shape index (κ1) is 11.3. The fourth-order valence-corrected chi connectivity index (χ4v) is 1.89. The van der Waals surface area contributed by atoms with Crippen molar-refractivity contribution in [2.45, 2.75) is 20.3 Å². The van der Waals surface area contributed by atoms with Crippen LogP contribution >= 0.6 is 0 Å². The van der Waals surface area contributed by atoms with Crippen molar-refractivity contribution in [3.63, 3.8) is 0 Å². The molecule has 2 aromatic heterocycles. The highest BCUT2D eigenvalue weighted by Gasteiger charge is 2.13. The van der Waals surface area contributed by atoms with Gasteiger partial charge in [-0.2, -0.15) is 5.10 Å². The highest BCUT2D eigenvalue weighted by molar-refractivity contribution is 5.92. The first-order chi connectivity index (χ1) is 8.06. The fraction of sp³-hybridized carbons (Fsp3) is 0.250. The average Bonchev–Trinajstić information content (AvgIpc) is 2.68. The predicted molar refractivity (Wildman–Crippen MR) is 60.7 cm³/mol. The fourth-order valence-electron chi connectivity index (χ4n) is 1.89. The number of fused-ring (bicyclic) bond motifs is 1. The van der Waals surface area contributed by atoms with Crippen molar-refractivity contribution in [3.05, 3.63) is 41.4 Å².